The highest BCUT2D eigenvalue weighted by molar-refractivity contribution is 7.26. The van der Waals surface area contributed by atoms with Gasteiger partial charge in [-0.1, -0.05) is 164 Å². The van der Waals surface area contributed by atoms with Crippen LogP contribution in [-0.2, 0) is 0 Å². The average molecular weight is 646 g/mol. The molecule has 0 aliphatic heterocycles. The predicted molar refractivity (Wildman–Crippen MR) is 206 cm³/mol. The number of thiophene rings is 1. The maximum absolute atomic E-state index is 4.96. The van der Waals surface area contributed by atoms with E-state index in [9.17, 15) is 0 Å². The average Bonchev–Trinajstić information content (AvgIpc) is 3.58. The summed E-state index contributed by atoms with van der Waals surface area (Å²) in [7, 11) is 0. The third-order valence-corrected chi connectivity index (χ3v) is 10.5. The molecule has 0 radical (unpaired) electrons. The Morgan fingerprint density at radius 1 is 0.388 bits per heavy atom. The summed E-state index contributed by atoms with van der Waals surface area (Å²) in [5.74, 6) is 2.08. The van der Waals surface area contributed by atoms with Crippen LogP contribution in [0.25, 0.3) is 81.9 Å². The Morgan fingerprint density at radius 2 is 0.857 bits per heavy atom. The van der Waals surface area contributed by atoms with Crippen molar-refractivity contribution in [1.29, 1.82) is 0 Å². The van der Waals surface area contributed by atoms with Crippen LogP contribution in [0.2, 0.25) is 0 Å². The van der Waals surface area contributed by atoms with Gasteiger partial charge in [0.05, 0.1) is 0 Å². The molecule has 0 spiro atoms. The monoisotopic (exact) mass is 645 g/mol. The summed E-state index contributed by atoms with van der Waals surface area (Å²) in [5.41, 5.74) is 10.4. The van der Waals surface area contributed by atoms with E-state index in [-0.39, 0.29) is 0 Å². The third-order valence-electron chi connectivity index (χ3n) is 9.20. The van der Waals surface area contributed by atoms with Crippen molar-refractivity contribution < 1.29 is 0 Å². The fourth-order valence-corrected chi connectivity index (χ4v) is 8.05. The molecular weight excluding hydrogens is 615 g/mol. The maximum Gasteiger partial charge on any atom is 0.164 e. The topological polar surface area (TPSA) is 38.7 Å². The van der Waals surface area contributed by atoms with Crippen molar-refractivity contribution in [2.45, 2.75) is 12.8 Å². The van der Waals surface area contributed by atoms with Crippen molar-refractivity contribution in [3.8, 4) is 56.2 Å². The Morgan fingerprint density at radius 3 is 1.41 bits per heavy atom. The van der Waals surface area contributed by atoms with Gasteiger partial charge in [0.25, 0.3) is 0 Å². The van der Waals surface area contributed by atoms with Gasteiger partial charge in [-0.3, -0.25) is 0 Å². The second kappa shape index (κ2) is 12.6. The van der Waals surface area contributed by atoms with Gasteiger partial charge in [0.15, 0.2) is 17.5 Å². The van der Waals surface area contributed by atoms with Gasteiger partial charge in [0.2, 0.25) is 0 Å². The zero-order chi connectivity index (χ0) is 32.6. The maximum atomic E-state index is 4.96. The zero-order valence-electron chi connectivity index (χ0n) is 26.8. The van der Waals surface area contributed by atoms with Gasteiger partial charge < -0.3 is 0 Å². The molecule has 0 amide bonds. The number of hydrogen-bond donors (Lipinski definition) is 0. The van der Waals surface area contributed by atoms with Crippen LogP contribution in [0.4, 0.5) is 0 Å². The summed E-state index contributed by atoms with van der Waals surface area (Å²) in [6, 6.07) is 51.7. The predicted octanol–water partition coefficient (Wildman–Crippen LogP) is 12.3. The number of fused-ring (bicyclic) bond motifs is 3. The van der Waals surface area contributed by atoms with Crippen LogP contribution in [0.1, 0.15) is 18.7 Å². The zero-order valence-corrected chi connectivity index (χ0v) is 27.6. The van der Waals surface area contributed by atoms with Gasteiger partial charge in [0, 0.05) is 36.9 Å². The normalized spacial score (nSPS) is 12.8. The Labute approximate surface area is 289 Å². The molecule has 49 heavy (non-hydrogen) atoms. The van der Waals surface area contributed by atoms with E-state index in [0.717, 1.165) is 29.5 Å². The van der Waals surface area contributed by atoms with Crippen LogP contribution >= 0.6 is 11.3 Å². The second-order valence-corrected chi connectivity index (χ2v) is 13.3. The third kappa shape index (κ3) is 5.56. The molecule has 3 nitrogen and oxygen atoms in total. The number of nitrogens with zero attached hydrogens (tertiary/aromatic N) is 3. The molecule has 1 aliphatic rings. The standard InChI is InChI=1S/C45H31N3S/c1-4-12-30(13-5-1)31-22-24-32(25-23-31)37-18-10-20-39-40-21-11-19-38(42(40)49-41(37)39)33-26-28-36(29-27-33)45-47-43(34-14-6-2-7-15-34)46-44(48-45)35-16-8-3-9-17-35/h1-2,4-8,10-29H,3,9H2. The van der Waals surface area contributed by atoms with Gasteiger partial charge in [-0.25, -0.2) is 15.0 Å². The lowest BCUT2D eigenvalue weighted by Crippen LogP contribution is -2.03. The molecule has 6 aromatic carbocycles. The van der Waals surface area contributed by atoms with Crippen LogP contribution in [0.3, 0.4) is 0 Å². The molecule has 2 aromatic heterocycles. The molecule has 4 heteroatoms. The van der Waals surface area contributed by atoms with Crippen LogP contribution in [0, 0.1) is 0 Å². The van der Waals surface area contributed by atoms with Crippen LogP contribution in [0.5, 0.6) is 0 Å². The molecule has 0 fully saturated rings. The first kappa shape index (κ1) is 29.2. The summed E-state index contributed by atoms with van der Waals surface area (Å²) in [4.78, 5) is 14.8. The summed E-state index contributed by atoms with van der Waals surface area (Å²) in [6.45, 7) is 0. The Balaban J connectivity index is 1.09. The van der Waals surface area contributed by atoms with Crippen molar-refractivity contribution in [1.82, 2.24) is 15.0 Å². The SMILES string of the molecule is C1=CC(c2nc(-c3ccccc3)nc(-c3ccc(-c4cccc5c4sc4c(-c6ccc(-c7ccccc7)cc6)cccc45)cc3)n2)=CCC1. The quantitative estimate of drug-likeness (QED) is 0.181. The molecule has 8 aromatic rings. The summed E-state index contributed by atoms with van der Waals surface area (Å²) in [6.07, 6.45) is 8.57. The molecule has 0 N–H and O–H groups in total. The minimum atomic E-state index is 0.679. The summed E-state index contributed by atoms with van der Waals surface area (Å²) >= 11 is 1.88. The molecule has 9 rings (SSSR count). The molecule has 0 atom stereocenters. The van der Waals surface area contributed by atoms with Crippen LogP contribution in [0.15, 0.2) is 164 Å². The van der Waals surface area contributed by atoms with Crippen molar-refractivity contribution in [3.63, 3.8) is 0 Å². The van der Waals surface area contributed by atoms with E-state index in [1.165, 1.54) is 53.6 Å². The molecule has 232 valence electrons. The van der Waals surface area contributed by atoms with Gasteiger partial charge >= 0.3 is 0 Å². The number of benzene rings is 6. The molecular formula is C45H31N3S. The summed E-state index contributed by atoms with van der Waals surface area (Å²) in [5, 5.41) is 2.58. The second-order valence-electron chi connectivity index (χ2n) is 12.3. The first-order valence-corrected chi connectivity index (χ1v) is 17.5. The van der Waals surface area contributed by atoms with Gasteiger partial charge in [-0.05, 0) is 46.2 Å². The molecule has 2 heterocycles. The molecule has 0 saturated carbocycles. The first-order valence-electron chi connectivity index (χ1n) is 16.7. The first-order chi connectivity index (χ1) is 24.3. The molecule has 1 aliphatic carbocycles. The lowest BCUT2D eigenvalue weighted by molar-refractivity contribution is 1.01. The highest BCUT2D eigenvalue weighted by Crippen LogP contribution is 2.44. The van der Waals surface area contributed by atoms with E-state index < -0.39 is 0 Å². The number of rotatable bonds is 6. The van der Waals surface area contributed by atoms with E-state index in [4.69, 9.17) is 15.0 Å². The number of aromatic nitrogens is 3. The van der Waals surface area contributed by atoms with E-state index in [2.05, 4.69) is 133 Å². The van der Waals surface area contributed by atoms with Gasteiger partial charge in [-0.15, -0.1) is 11.3 Å². The minimum Gasteiger partial charge on any atom is -0.208 e. The lowest BCUT2D eigenvalue weighted by Gasteiger charge is -2.11. The highest BCUT2D eigenvalue weighted by Gasteiger charge is 2.16. The van der Waals surface area contributed by atoms with Gasteiger partial charge in [0.1, 0.15) is 0 Å². The van der Waals surface area contributed by atoms with Crippen molar-refractivity contribution >= 4 is 37.1 Å². The summed E-state index contributed by atoms with van der Waals surface area (Å²) < 4.78 is 2.61. The highest BCUT2D eigenvalue weighted by atomic mass is 32.1. The van der Waals surface area contributed by atoms with E-state index >= 15 is 0 Å². The van der Waals surface area contributed by atoms with Crippen LogP contribution < -0.4 is 0 Å². The van der Waals surface area contributed by atoms with E-state index in [1.54, 1.807) is 0 Å². The number of hydrogen-bond acceptors (Lipinski definition) is 4. The van der Waals surface area contributed by atoms with Crippen molar-refractivity contribution in [2.75, 3.05) is 0 Å². The van der Waals surface area contributed by atoms with Gasteiger partial charge in [-0.2, -0.15) is 0 Å². The van der Waals surface area contributed by atoms with Crippen molar-refractivity contribution in [2.24, 2.45) is 0 Å². The van der Waals surface area contributed by atoms with Crippen LogP contribution in [-0.4, -0.2) is 15.0 Å². The van der Waals surface area contributed by atoms with Crippen molar-refractivity contribution in [3.05, 3.63) is 170 Å². The fourth-order valence-electron chi connectivity index (χ4n) is 6.68. The fraction of sp³-hybridized carbons (Fsp3) is 0.0444. The lowest BCUT2D eigenvalue weighted by atomic mass is 9.98. The Hall–Kier alpha value is -5.97. The molecule has 0 unspecified atom stereocenters. The van der Waals surface area contributed by atoms with E-state index in [0.29, 0.717) is 17.5 Å². The van der Waals surface area contributed by atoms with E-state index in [1.807, 2.05) is 41.7 Å². The minimum absolute atomic E-state index is 0.679. The smallest absolute Gasteiger partial charge is 0.164 e. The number of allylic oxidation sites excluding steroid dienone is 4. The Kier molecular flexibility index (Phi) is 7.49. The molecule has 0 bridgehead atoms. The largest absolute Gasteiger partial charge is 0.208 e. The Bertz CT molecular complexity index is 2510. The molecule has 0 saturated heterocycles.